The first-order valence-electron chi connectivity index (χ1n) is 10.6. The Morgan fingerprint density at radius 2 is 1.83 bits per heavy atom. The molecule has 0 fully saturated rings. The Morgan fingerprint density at radius 3 is 2.57 bits per heavy atom. The average Bonchev–Trinajstić information content (AvgIpc) is 2.74. The first-order valence-corrected chi connectivity index (χ1v) is 10.6. The molecule has 0 radical (unpaired) electrons. The lowest BCUT2D eigenvalue weighted by atomic mass is 10.2. The molecule has 0 aliphatic rings. The van der Waals surface area contributed by atoms with Gasteiger partial charge in [-0.05, 0) is 37.6 Å². The van der Waals surface area contributed by atoms with E-state index in [0.29, 0.717) is 13.2 Å². The fourth-order valence-electron chi connectivity index (χ4n) is 2.56. The van der Waals surface area contributed by atoms with Gasteiger partial charge in [0.15, 0.2) is 5.96 Å². The number of ether oxygens (including phenoxy) is 3. The van der Waals surface area contributed by atoms with Crippen molar-refractivity contribution in [2.45, 2.75) is 32.7 Å². The maximum absolute atomic E-state index is 5.88. The van der Waals surface area contributed by atoms with Crippen molar-refractivity contribution >= 4 is 29.9 Å². The minimum atomic E-state index is 0. The monoisotopic (exact) mass is 536 g/mol. The van der Waals surface area contributed by atoms with Crippen molar-refractivity contribution in [3.8, 4) is 5.75 Å². The van der Waals surface area contributed by atoms with E-state index in [1.807, 2.05) is 12.1 Å². The van der Waals surface area contributed by atoms with Gasteiger partial charge in [-0.25, -0.2) is 0 Å². The van der Waals surface area contributed by atoms with E-state index in [-0.39, 0.29) is 24.0 Å². The summed E-state index contributed by atoms with van der Waals surface area (Å²) in [4.78, 5) is 6.47. The third-order valence-electron chi connectivity index (χ3n) is 4.40. The molecule has 0 aromatic heterocycles. The van der Waals surface area contributed by atoms with Gasteiger partial charge in [-0.3, -0.25) is 4.99 Å². The van der Waals surface area contributed by atoms with Gasteiger partial charge in [0, 0.05) is 53.6 Å². The zero-order chi connectivity index (χ0) is 21.2. The number of likely N-dealkylation sites (N-methyl/N-ethyl adjacent to an activating group) is 1. The Labute approximate surface area is 200 Å². The summed E-state index contributed by atoms with van der Waals surface area (Å²) in [7, 11) is 5.57. The maximum atomic E-state index is 5.88. The molecule has 0 aliphatic carbocycles. The van der Waals surface area contributed by atoms with Gasteiger partial charge in [0.05, 0.1) is 6.61 Å². The molecule has 0 amide bonds. The molecule has 0 heterocycles. The van der Waals surface area contributed by atoms with Gasteiger partial charge >= 0.3 is 0 Å². The highest BCUT2D eigenvalue weighted by atomic mass is 127. The summed E-state index contributed by atoms with van der Waals surface area (Å²) < 4.78 is 16.5. The highest BCUT2D eigenvalue weighted by molar-refractivity contribution is 14.0. The molecule has 0 aliphatic heterocycles. The van der Waals surface area contributed by atoms with E-state index in [0.717, 1.165) is 69.6 Å². The van der Waals surface area contributed by atoms with Crippen molar-refractivity contribution in [1.82, 2.24) is 15.5 Å². The smallest absolute Gasteiger partial charge is 0.191 e. The van der Waals surface area contributed by atoms with E-state index >= 15 is 0 Å². The first kappa shape index (κ1) is 28.9. The van der Waals surface area contributed by atoms with Crippen LogP contribution >= 0.6 is 24.0 Å². The van der Waals surface area contributed by atoms with Gasteiger partial charge in [-0.1, -0.05) is 25.5 Å². The van der Waals surface area contributed by atoms with Crippen LogP contribution in [0, 0.1) is 0 Å². The van der Waals surface area contributed by atoms with Crippen LogP contribution in [0.3, 0.4) is 0 Å². The molecule has 0 saturated carbocycles. The third kappa shape index (κ3) is 14.8. The van der Waals surface area contributed by atoms with Crippen LogP contribution in [0.2, 0.25) is 0 Å². The van der Waals surface area contributed by atoms with Crippen LogP contribution < -0.4 is 15.4 Å². The van der Waals surface area contributed by atoms with Crippen molar-refractivity contribution in [3.63, 3.8) is 0 Å². The van der Waals surface area contributed by atoms with Gasteiger partial charge < -0.3 is 29.7 Å². The molecule has 0 saturated heterocycles. The zero-order valence-electron chi connectivity index (χ0n) is 19.1. The first-order chi connectivity index (χ1) is 14.2. The predicted octanol–water partition coefficient (Wildman–Crippen LogP) is 3.13. The standard InChI is InChI=1S/C22H40N4O3.HI/c1-5-6-14-28-15-8-11-24-22(23-2)25-19-20-9-7-10-21(18-20)29-17-13-26(3)12-16-27-4;/h7,9-10,18H,5-6,8,11-17,19H2,1-4H3,(H2,23,24,25);1H. The van der Waals surface area contributed by atoms with Crippen molar-refractivity contribution in [2.75, 3.05) is 67.3 Å². The second kappa shape index (κ2) is 19.8. The Morgan fingerprint density at radius 1 is 1.07 bits per heavy atom. The van der Waals surface area contributed by atoms with E-state index in [1.54, 1.807) is 14.2 Å². The topological polar surface area (TPSA) is 67.3 Å². The summed E-state index contributed by atoms with van der Waals surface area (Å²) in [5.74, 6) is 1.68. The summed E-state index contributed by atoms with van der Waals surface area (Å²) in [6, 6.07) is 8.16. The molecule has 0 bridgehead atoms. The van der Waals surface area contributed by atoms with Crippen LogP contribution in [0.1, 0.15) is 31.7 Å². The molecular weight excluding hydrogens is 495 g/mol. The van der Waals surface area contributed by atoms with Crippen LogP contribution in [-0.4, -0.2) is 78.1 Å². The molecule has 0 atom stereocenters. The third-order valence-corrected chi connectivity index (χ3v) is 4.40. The van der Waals surface area contributed by atoms with Crippen LogP contribution in [0.15, 0.2) is 29.3 Å². The van der Waals surface area contributed by atoms with Gasteiger partial charge in [-0.15, -0.1) is 24.0 Å². The molecule has 2 N–H and O–H groups in total. The Hall–Kier alpha value is -1.10. The highest BCUT2D eigenvalue weighted by Crippen LogP contribution is 2.13. The van der Waals surface area contributed by atoms with Gasteiger partial charge in [0.1, 0.15) is 12.4 Å². The highest BCUT2D eigenvalue weighted by Gasteiger charge is 2.02. The molecule has 7 nitrogen and oxygen atoms in total. The molecule has 174 valence electrons. The molecule has 1 aromatic carbocycles. The summed E-state index contributed by atoms with van der Waals surface area (Å²) >= 11 is 0. The number of hydrogen-bond donors (Lipinski definition) is 2. The molecule has 1 rings (SSSR count). The molecular formula is C22H41IN4O3. The van der Waals surface area contributed by atoms with Gasteiger partial charge in [0.2, 0.25) is 0 Å². The van der Waals surface area contributed by atoms with Gasteiger partial charge in [0.25, 0.3) is 0 Å². The van der Waals surface area contributed by atoms with Crippen molar-refractivity contribution < 1.29 is 14.2 Å². The van der Waals surface area contributed by atoms with E-state index in [4.69, 9.17) is 14.2 Å². The number of aliphatic imine (C=N–C) groups is 1. The molecule has 8 heteroatoms. The van der Waals surface area contributed by atoms with Gasteiger partial charge in [-0.2, -0.15) is 0 Å². The molecule has 0 spiro atoms. The molecule has 30 heavy (non-hydrogen) atoms. The largest absolute Gasteiger partial charge is 0.492 e. The fraction of sp³-hybridized carbons (Fsp3) is 0.682. The normalized spacial score (nSPS) is 11.3. The van der Waals surface area contributed by atoms with Crippen LogP contribution in [0.5, 0.6) is 5.75 Å². The predicted molar refractivity (Wildman–Crippen MR) is 135 cm³/mol. The average molecular weight is 536 g/mol. The quantitative estimate of drug-likeness (QED) is 0.147. The Balaban J connectivity index is 0.00000841. The summed E-state index contributed by atoms with van der Waals surface area (Å²) in [5, 5.41) is 6.66. The van der Waals surface area contributed by atoms with Crippen molar-refractivity contribution in [2.24, 2.45) is 4.99 Å². The fourth-order valence-corrected chi connectivity index (χ4v) is 2.56. The molecule has 1 aromatic rings. The van der Waals surface area contributed by atoms with Crippen molar-refractivity contribution in [3.05, 3.63) is 29.8 Å². The summed E-state index contributed by atoms with van der Waals surface area (Å²) in [6.45, 7) is 8.49. The van der Waals surface area contributed by atoms with Crippen LogP contribution in [0.25, 0.3) is 0 Å². The second-order valence-corrected chi connectivity index (χ2v) is 6.96. The Bertz CT molecular complexity index is 561. The Kier molecular flexibility index (Phi) is 19.1. The lowest BCUT2D eigenvalue weighted by Crippen LogP contribution is -2.37. The van der Waals surface area contributed by atoms with Crippen LogP contribution in [0.4, 0.5) is 0 Å². The number of nitrogens with one attached hydrogen (secondary N) is 2. The zero-order valence-corrected chi connectivity index (χ0v) is 21.4. The number of unbranched alkanes of at least 4 members (excludes halogenated alkanes) is 1. The SMILES string of the molecule is CCCCOCCCNC(=NC)NCc1cccc(OCCN(C)CCOC)c1.I. The minimum absolute atomic E-state index is 0. The lowest BCUT2D eigenvalue weighted by molar-refractivity contribution is 0.129. The number of hydrogen-bond acceptors (Lipinski definition) is 5. The van der Waals surface area contributed by atoms with Crippen LogP contribution in [-0.2, 0) is 16.0 Å². The number of halogens is 1. The lowest BCUT2D eigenvalue weighted by Gasteiger charge is -2.16. The molecule has 0 unspecified atom stereocenters. The minimum Gasteiger partial charge on any atom is -0.492 e. The second-order valence-electron chi connectivity index (χ2n) is 6.96. The van der Waals surface area contributed by atoms with E-state index < -0.39 is 0 Å². The van der Waals surface area contributed by atoms with Crippen molar-refractivity contribution in [1.29, 1.82) is 0 Å². The summed E-state index contributed by atoms with van der Waals surface area (Å²) in [5.41, 5.74) is 1.15. The maximum Gasteiger partial charge on any atom is 0.191 e. The van der Waals surface area contributed by atoms with E-state index in [1.165, 1.54) is 6.42 Å². The number of methoxy groups -OCH3 is 1. The van der Waals surface area contributed by atoms with E-state index in [9.17, 15) is 0 Å². The number of rotatable bonds is 16. The van der Waals surface area contributed by atoms with E-state index in [2.05, 4.69) is 46.6 Å². The number of nitrogens with zero attached hydrogens (tertiary/aromatic N) is 2. The number of guanidine groups is 1. The summed E-state index contributed by atoms with van der Waals surface area (Å²) in [6.07, 6.45) is 3.27. The number of benzene rings is 1.